The van der Waals surface area contributed by atoms with E-state index in [-0.39, 0.29) is 0 Å². The third-order valence-electron chi connectivity index (χ3n) is 3.91. The fourth-order valence-corrected chi connectivity index (χ4v) is 3.66. The molecule has 0 aliphatic heterocycles. The normalized spacial score (nSPS) is 15.3. The minimum atomic E-state index is -1.08. The van der Waals surface area contributed by atoms with Gasteiger partial charge in [0.1, 0.15) is 17.5 Å². The summed E-state index contributed by atoms with van der Waals surface area (Å²) in [6, 6.07) is 3.52. The van der Waals surface area contributed by atoms with Gasteiger partial charge in [-0.1, -0.05) is 42.8 Å². The molecule has 23 heavy (non-hydrogen) atoms. The van der Waals surface area contributed by atoms with Crippen molar-refractivity contribution in [2.45, 2.75) is 51.3 Å². The molecule has 4 nitrogen and oxygen atoms in total. The Morgan fingerprint density at radius 3 is 2.74 bits per heavy atom. The van der Waals surface area contributed by atoms with Crippen LogP contribution in [0.5, 0.6) is 0 Å². The second-order valence-electron chi connectivity index (χ2n) is 7.40. The van der Waals surface area contributed by atoms with E-state index in [0.29, 0.717) is 22.9 Å². The SMILES string of the molecule is C[Si](C)(C)CCOCn1cc(Cl)c2c(NC3CC3)cc(Cl)nc21. The smallest absolute Gasteiger partial charge is 0.147 e. The average molecular weight is 372 g/mol. The van der Waals surface area contributed by atoms with Gasteiger partial charge in [-0.3, -0.25) is 0 Å². The highest BCUT2D eigenvalue weighted by Crippen LogP contribution is 2.36. The molecule has 0 amide bonds. The first-order valence-corrected chi connectivity index (χ1v) is 12.5. The summed E-state index contributed by atoms with van der Waals surface area (Å²) >= 11 is 12.6. The van der Waals surface area contributed by atoms with Crippen molar-refractivity contribution in [2.75, 3.05) is 11.9 Å². The molecule has 0 aromatic carbocycles. The maximum Gasteiger partial charge on any atom is 0.147 e. The molecule has 0 unspecified atom stereocenters. The Morgan fingerprint density at radius 2 is 2.09 bits per heavy atom. The van der Waals surface area contributed by atoms with Crippen molar-refractivity contribution in [3.63, 3.8) is 0 Å². The minimum absolute atomic E-state index is 0.448. The van der Waals surface area contributed by atoms with Gasteiger partial charge in [0, 0.05) is 32.6 Å². The molecule has 1 fully saturated rings. The van der Waals surface area contributed by atoms with Gasteiger partial charge in [0.2, 0.25) is 0 Å². The Kier molecular flexibility index (Phi) is 4.92. The number of fused-ring (bicyclic) bond motifs is 1. The van der Waals surface area contributed by atoms with Gasteiger partial charge >= 0.3 is 0 Å². The highest BCUT2D eigenvalue weighted by molar-refractivity contribution is 6.76. The zero-order valence-corrected chi connectivity index (χ0v) is 16.3. The van der Waals surface area contributed by atoms with Crippen LogP contribution in [0.1, 0.15) is 12.8 Å². The molecule has 0 atom stereocenters. The van der Waals surface area contributed by atoms with Gasteiger partial charge in [-0.2, -0.15) is 0 Å². The molecule has 0 spiro atoms. The van der Waals surface area contributed by atoms with Gasteiger partial charge < -0.3 is 14.6 Å². The standard InChI is InChI=1S/C16H23Cl2N3OSi/c1-23(2,3)7-6-22-10-21-9-12(17)15-13(19-11-4-5-11)8-14(18)20-16(15)21/h8-9,11H,4-7,10H2,1-3H3,(H,19,20). The molecule has 3 rings (SSSR count). The Bertz CT molecular complexity index is 707. The summed E-state index contributed by atoms with van der Waals surface area (Å²) in [5.41, 5.74) is 1.74. The highest BCUT2D eigenvalue weighted by Gasteiger charge is 2.23. The predicted molar refractivity (Wildman–Crippen MR) is 101 cm³/mol. The number of aromatic nitrogens is 2. The third kappa shape index (κ3) is 4.41. The molecule has 1 saturated carbocycles. The van der Waals surface area contributed by atoms with E-state index in [2.05, 4.69) is 29.9 Å². The van der Waals surface area contributed by atoms with Crippen LogP contribution in [0.15, 0.2) is 12.3 Å². The molecular weight excluding hydrogens is 349 g/mol. The van der Waals surface area contributed by atoms with Crippen LogP contribution in [-0.2, 0) is 11.5 Å². The summed E-state index contributed by atoms with van der Waals surface area (Å²) in [6.45, 7) is 8.24. The van der Waals surface area contributed by atoms with Gasteiger partial charge in [-0.25, -0.2) is 4.98 Å². The van der Waals surface area contributed by atoms with Crippen molar-refractivity contribution >= 4 is 48.0 Å². The van der Waals surface area contributed by atoms with E-state index in [1.807, 2.05) is 16.8 Å². The summed E-state index contributed by atoms with van der Waals surface area (Å²) in [4.78, 5) is 4.44. The number of ether oxygens (including phenoxy) is 1. The molecule has 2 heterocycles. The van der Waals surface area contributed by atoms with Crippen molar-refractivity contribution in [2.24, 2.45) is 0 Å². The topological polar surface area (TPSA) is 39.1 Å². The van der Waals surface area contributed by atoms with Crippen LogP contribution in [0.4, 0.5) is 5.69 Å². The van der Waals surface area contributed by atoms with Crippen LogP contribution in [-0.4, -0.2) is 30.3 Å². The summed E-state index contributed by atoms with van der Waals surface area (Å²) in [5, 5.41) is 5.56. The number of rotatable bonds is 7. The van der Waals surface area contributed by atoms with Gasteiger partial charge in [0.05, 0.1) is 10.4 Å². The van der Waals surface area contributed by atoms with E-state index in [0.717, 1.165) is 29.4 Å². The largest absolute Gasteiger partial charge is 0.382 e. The maximum atomic E-state index is 6.43. The number of hydrogen-bond donors (Lipinski definition) is 1. The molecule has 1 aliphatic carbocycles. The van der Waals surface area contributed by atoms with Crippen molar-refractivity contribution in [1.29, 1.82) is 0 Å². The highest BCUT2D eigenvalue weighted by atomic mass is 35.5. The molecule has 1 aliphatic rings. The molecule has 0 bridgehead atoms. The van der Waals surface area contributed by atoms with E-state index >= 15 is 0 Å². The number of nitrogens with one attached hydrogen (secondary N) is 1. The molecule has 2 aromatic heterocycles. The second-order valence-corrected chi connectivity index (χ2v) is 13.8. The third-order valence-corrected chi connectivity index (χ3v) is 6.10. The molecular formula is C16H23Cl2N3OSi. The molecule has 1 N–H and O–H groups in total. The first-order valence-electron chi connectivity index (χ1n) is 8.03. The molecule has 0 radical (unpaired) electrons. The van der Waals surface area contributed by atoms with Crippen molar-refractivity contribution in [3.8, 4) is 0 Å². The zero-order chi connectivity index (χ0) is 16.6. The van der Waals surface area contributed by atoms with Crippen LogP contribution in [0, 0.1) is 0 Å². The number of halogens is 2. The van der Waals surface area contributed by atoms with Gasteiger partial charge in [0.15, 0.2) is 0 Å². The van der Waals surface area contributed by atoms with Crippen LogP contribution >= 0.6 is 23.2 Å². The summed E-state index contributed by atoms with van der Waals surface area (Å²) < 4.78 is 7.76. The molecule has 7 heteroatoms. The van der Waals surface area contributed by atoms with Crippen molar-refractivity contribution in [3.05, 3.63) is 22.4 Å². The van der Waals surface area contributed by atoms with E-state index in [1.54, 1.807) is 0 Å². The lowest BCUT2D eigenvalue weighted by atomic mass is 10.3. The monoisotopic (exact) mass is 371 g/mol. The van der Waals surface area contributed by atoms with E-state index in [4.69, 9.17) is 27.9 Å². The molecule has 0 saturated heterocycles. The molecule has 126 valence electrons. The van der Waals surface area contributed by atoms with E-state index < -0.39 is 8.07 Å². The second kappa shape index (κ2) is 6.63. The lowest BCUT2D eigenvalue weighted by molar-refractivity contribution is 0.0899. The van der Waals surface area contributed by atoms with Crippen LogP contribution in [0.2, 0.25) is 35.9 Å². The first-order chi connectivity index (χ1) is 10.8. The predicted octanol–water partition coefficient (Wildman–Crippen LogP) is 5.23. The molecule has 2 aromatic rings. The van der Waals surface area contributed by atoms with Crippen LogP contribution in [0.3, 0.4) is 0 Å². The lowest BCUT2D eigenvalue weighted by Gasteiger charge is -2.15. The van der Waals surface area contributed by atoms with Crippen molar-refractivity contribution < 1.29 is 4.74 Å². The van der Waals surface area contributed by atoms with E-state index in [1.165, 1.54) is 12.8 Å². The van der Waals surface area contributed by atoms with Crippen molar-refractivity contribution in [1.82, 2.24) is 9.55 Å². The first kappa shape index (κ1) is 17.1. The zero-order valence-electron chi connectivity index (χ0n) is 13.8. The fourth-order valence-electron chi connectivity index (χ4n) is 2.41. The minimum Gasteiger partial charge on any atom is -0.382 e. The number of pyridine rings is 1. The van der Waals surface area contributed by atoms with Crippen LogP contribution in [0.25, 0.3) is 11.0 Å². The quantitative estimate of drug-likeness (QED) is 0.411. The maximum absolute atomic E-state index is 6.43. The van der Waals surface area contributed by atoms with Gasteiger partial charge in [-0.15, -0.1) is 0 Å². The van der Waals surface area contributed by atoms with Gasteiger partial charge in [0.25, 0.3) is 0 Å². The average Bonchev–Trinajstić information content (AvgIpc) is 3.18. The Balaban J connectivity index is 1.79. The Hall–Kier alpha value is -0.753. The number of hydrogen-bond acceptors (Lipinski definition) is 3. The van der Waals surface area contributed by atoms with Crippen LogP contribution < -0.4 is 5.32 Å². The Morgan fingerprint density at radius 1 is 1.35 bits per heavy atom. The fraction of sp³-hybridized carbons (Fsp3) is 0.562. The van der Waals surface area contributed by atoms with E-state index in [9.17, 15) is 0 Å². The number of anilines is 1. The summed E-state index contributed by atoms with van der Waals surface area (Å²) in [5.74, 6) is 0. The lowest BCUT2D eigenvalue weighted by Crippen LogP contribution is -2.22. The van der Waals surface area contributed by atoms with Gasteiger partial charge in [-0.05, 0) is 25.0 Å². The number of nitrogens with zero attached hydrogens (tertiary/aromatic N) is 2. The Labute approximate surface area is 148 Å². The summed E-state index contributed by atoms with van der Waals surface area (Å²) in [6.07, 6.45) is 4.27. The summed E-state index contributed by atoms with van der Waals surface area (Å²) in [7, 11) is -1.08.